The zero-order valence-electron chi connectivity index (χ0n) is 25.5. The number of esters is 1. The largest absolute Gasteiger partial charge is 0.469 e. The van der Waals surface area contributed by atoms with Crippen molar-refractivity contribution in [2.45, 2.75) is 148 Å². The first-order valence-electron chi connectivity index (χ1n) is 14.3. The molecule has 2 unspecified atom stereocenters. The first-order chi connectivity index (χ1) is 16.6. The van der Waals surface area contributed by atoms with Crippen LogP contribution < -0.4 is 0 Å². The van der Waals surface area contributed by atoms with Gasteiger partial charge < -0.3 is 18.0 Å². The second-order valence-corrected chi connectivity index (χ2v) is 26.4. The van der Waals surface area contributed by atoms with Gasteiger partial charge in [0.25, 0.3) is 0 Å². The predicted molar refractivity (Wildman–Crippen MR) is 162 cm³/mol. The first-order valence-corrected chi connectivity index (χ1v) is 24.6. The summed E-state index contributed by atoms with van der Waals surface area (Å²) >= 11 is 0. The van der Waals surface area contributed by atoms with E-state index in [0.717, 1.165) is 58.0 Å². The topological polar surface area (TPSA) is 54.0 Å². The number of unbranched alkanes of at least 4 members (excludes halogenated alkanes) is 7. The van der Waals surface area contributed by atoms with Crippen LogP contribution in [0.5, 0.6) is 0 Å². The minimum atomic E-state index is -1.70. The molecule has 0 aromatic heterocycles. The van der Waals surface area contributed by atoms with Crippen molar-refractivity contribution >= 4 is 30.9 Å². The minimum absolute atomic E-state index is 0.103. The van der Waals surface area contributed by atoms with Crippen LogP contribution in [0, 0.1) is 0 Å². The van der Waals surface area contributed by atoms with Crippen molar-refractivity contribution in [2.24, 2.45) is 0 Å². The molecule has 5 nitrogen and oxygen atoms in total. The lowest BCUT2D eigenvalue weighted by atomic mass is 10.0. The normalized spacial score (nSPS) is 14.8. The van der Waals surface area contributed by atoms with Gasteiger partial charge in [-0.3, -0.25) is 4.79 Å². The SMILES string of the molecule is COC(=O)CCCCCCCC(O[Si](C)(C)C)C(C/C=C\CCCCCO[Si](C)(C)C)O[Si](C)(C)C. The molecule has 0 N–H and O–H groups in total. The fourth-order valence-corrected chi connectivity index (χ4v) is 7.11. The van der Waals surface area contributed by atoms with Crippen LogP contribution >= 0.6 is 0 Å². The Morgan fingerprint density at radius 1 is 0.667 bits per heavy atom. The second-order valence-electron chi connectivity index (χ2n) is 12.9. The molecular formula is C28H60O5Si3. The average molecular weight is 561 g/mol. The van der Waals surface area contributed by atoms with E-state index in [1.807, 2.05) is 0 Å². The van der Waals surface area contributed by atoms with Gasteiger partial charge in [-0.1, -0.05) is 44.3 Å². The smallest absolute Gasteiger partial charge is 0.305 e. The fourth-order valence-electron chi connectivity index (χ4n) is 4.02. The van der Waals surface area contributed by atoms with Crippen LogP contribution in [0.4, 0.5) is 0 Å². The highest BCUT2D eigenvalue weighted by atomic mass is 28.4. The molecule has 36 heavy (non-hydrogen) atoms. The number of allylic oxidation sites excluding steroid dienone is 1. The van der Waals surface area contributed by atoms with Crippen LogP contribution in [-0.2, 0) is 22.8 Å². The molecule has 0 spiro atoms. The molecule has 0 fully saturated rings. The van der Waals surface area contributed by atoms with Gasteiger partial charge in [-0.15, -0.1) is 0 Å². The summed E-state index contributed by atoms with van der Waals surface area (Å²) in [7, 11) is -3.30. The van der Waals surface area contributed by atoms with Gasteiger partial charge in [0.05, 0.1) is 19.3 Å². The maximum Gasteiger partial charge on any atom is 0.305 e. The molecule has 0 bridgehead atoms. The van der Waals surface area contributed by atoms with Crippen molar-refractivity contribution in [3.63, 3.8) is 0 Å². The molecule has 214 valence electrons. The Balaban J connectivity index is 4.71. The zero-order chi connectivity index (χ0) is 27.7. The lowest BCUT2D eigenvalue weighted by molar-refractivity contribution is -0.140. The molecule has 0 saturated heterocycles. The lowest BCUT2D eigenvalue weighted by Crippen LogP contribution is -2.44. The van der Waals surface area contributed by atoms with E-state index >= 15 is 0 Å². The number of hydrogen-bond donors (Lipinski definition) is 0. The van der Waals surface area contributed by atoms with Crippen molar-refractivity contribution in [1.82, 2.24) is 0 Å². The summed E-state index contributed by atoms with van der Waals surface area (Å²) in [4.78, 5) is 11.3. The molecule has 0 rings (SSSR count). The van der Waals surface area contributed by atoms with Crippen molar-refractivity contribution in [1.29, 1.82) is 0 Å². The van der Waals surface area contributed by atoms with E-state index in [4.69, 9.17) is 18.0 Å². The van der Waals surface area contributed by atoms with Crippen LogP contribution in [-0.4, -0.2) is 56.8 Å². The van der Waals surface area contributed by atoms with Crippen LogP contribution in [0.2, 0.25) is 58.9 Å². The van der Waals surface area contributed by atoms with E-state index < -0.39 is 25.0 Å². The van der Waals surface area contributed by atoms with Gasteiger partial charge in [0.1, 0.15) is 0 Å². The summed E-state index contributed by atoms with van der Waals surface area (Å²) in [5.41, 5.74) is 0. The molecule has 0 heterocycles. The summed E-state index contributed by atoms with van der Waals surface area (Å²) in [5, 5.41) is 0. The molecule has 0 aromatic carbocycles. The van der Waals surface area contributed by atoms with E-state index in [2.05, 4.69) is 71.1 Å². The van der Waals surface area contributed by atoms with E-state index in [1.165, 1.54) is 26.4 Å². The summed E-state index contributed by atoms with van der Waals surface area (Å²) in [6, 6.07) is 0. The van der Waals surface area contributed by atoms with E-state index in [0.29, 0.717) is 6.42 Å². The summed E-state index contributed by atoms with van der Waals surface area (Å²) in [6.45, 7) is 21.3. The molecular weight excluding hydrogens is 501 g/mol. The first kappa shape index (κ1) is 35.7. The summed E-state index contributed by atoms with van der Waals surface area (Å²) in [6.07, 6.45) is 17.6. The lowest BCUT2D eigenvalue weighted by Gasteiger charge is -2.36. The minimum Gasteiger partial charge on any atom is -0.469 e. The summed E-state index contributed by atoms with van der Waals surface area (Å²) < 4.78 is 24.1. The molecule has 0 aliphatic rings. The molecule has 0 radical (unpaired) electrons. The Kier molecular flexibility index (Phi) is 18.8. The van der Waals surface area contributed by atoms with E-state index in [9.17, 15) is 4.79 Å². The van der Waals surface area contributed by atoms with Gasteiger partial charge in [-0.05, 0) is 97.4 Å². The highest BCUT2D eigenvalue weighted by Gasteiger charge is 2.31. The predicted octanol–water partition coefficient (Wildman–Crippen LogP) is 8.69. The maximum atomic E-state index is 11.3. The molecule has 2 atom stereocenters. The van der Waals surface area contributed by atoms with Gasteiger partial charge >= 0.3 is 5.97 Å². The number of methoxy groups -OCH3 is 1. The number of carbonyl (C=O) groups is 1. The molecule has 0 saturated carbocycles. The zero-order valence-corrected chi connectivity index (χ0v) is 28.5. The second kappa shape index (κ2) is 18.9. The monoisotopic (exact) mass is 560 g/mol. The molecule has 8 heteroatoms. The average Bonchev–Trinajstić information content (AvgIpc) is 2.73. The Labute approximate surface area is 227 Å². The number of rotatable bonds is 22. The Bertz CT molecular complexity index is 591. The maximum absolute atomic E-state index is 11.3. The van der Waals surface area contributed by atoms with Gasteiger partial charge in [-0.25, -0.2) is 0 Å². The van der Waals surface area contributed by atoms with Gasteiger partial charge in [0.15, 0.2) is 25.0 Å². The third kappa shape index (κ3) is 24.1. The van der Waals surface area contributed by atoms with Crippen LogP contribution in [0.1, 0.15) is 77.0 Å². The van der Waals surface area contributed by atoms with E-state index in [1.54, 1.807) is 0 Å². The van der Waals surface area contributed by atoms with Gasteiger partial charge in [-0.2, -0.15) is 0 Å². The number of carbonyl (C=O) groups excluding carboxylic acids is 1. The van der Waals surface area contributed by atoms with Crippen LogP contribution in [0.25, 0.3) is 0 Å². The standard InChI is InChI=1S/C28H60O5Si3/c1-30-28(29)24-20-16-13-15-19-23-27(33-36(8,9)10)26(32-35(5,6)7)22-18-14-11-12-17-21-25-31-34(2,3)4/h14,18,26-27H,11-13,15-17,19-25H2,1-10H3/b18-14-. The number of hydrogen-bond acceptors (Lipinski definition) is 5. The Morgan fingerprint density at radius 3 is 1.81 bits per heavy atom. The van der Waals surface area contributed by atoms with Crippen molar-refractivity contribution in [3.05, 3.63) is 12.2 Å². The Morgan fingerprint density at radius 2 is 1.22 bits per heavy atom. The molecule has 0 aliphatic carbocycles. The van der Waals surface area contributed by atoms with Crippen molar-refractivity contribution in [2.75, 3.05) is 13.7 Å². The van der Waals surface area contributed by atoms with Gasteiger partial charge in [0, 0.05) is 13.0 Å². The quantitative estimate of drug-likeness (QED) is 0.0573. The van der Waals surface area contributed by atoms with E-state index in [-0.39, 0.29) is 18.2 Å². The summed E-state index contributed by atoms with van der Waals surface area (Å²) in [5.74, 6) is -0.103. The highest BCUT2D eigenvalue weighted by Crippen LogP contribution is 2.24. The van der Waals surface area contributed by atoms with Crippen molar-refractivity contribution in [3.8, 4) is 0 Å². The highest BCUT2D eigenvalue weighted by molar-refractivity contribution is 6.70. The third-order valence-electron chi connectivity index (χ3n) is 5.61. The van der Waals surface area contributed by atoms with Crippen molar-refractivity contribution < 1.29 is 22.8 Å². The molecule has 0 aromatic rings. The molecule has 0 aliphatic heterocycles. The van der Waals surface area contributed by atoms with Gasteiger partial charge in [0.2, 0.25) is 0 Å². The fraction of sp³-hybridized carbons (Fsp3) is 0.893. The van der Waals surface area contributed by atoms with Crippen LogP contribution in [0.15, 0.2) is 12.2 Å². The molecule has 0 amide bonds. The number of ether oxygens (including phenoxy) is 1. The third-order valence-corrected chi connectivity index (χ3v) is 8.70. The Hall–Kier alpha value is -0.259. The van der Waals surface area contributed by atoms with Crippen LogP contribution in [0.3, 0.4) is 0 Å².